The molecule has 0 saturated carbocycles. The molecule has 11 aromatic rings. The van der Waals surface area contributed by atoms with Crippen molar-refractivity contribution in [3.8, 4) is 78.4 Å². The van der Waals surface area contributed by atoms with Crippen molar-refractivity contribution in [1.82, 2.24) is 9.97 Å². The Morgan fingerprint density at radius 1 is 0.294 bits per heavy atom. The van der Waals surface area contributed by atoms with Crippen molar-refractivity contribution in [2.45, 2.75) is 24.7 Å². The quantitative estimate of drug-likeness (QED) is 0.159. The first-order valence-electron chi connectivity index (χ1n) is 23.6. The topological polar surface area (TPSA) is 25.8 Å². The van der Waals surface area contributed by atoms with Gasteiger partial charge in [-0.25, -0.2) is 9.97 Å². The van der Waals surface area contributed by atoms with Crippen molar-refractivity contribution in [3.05, 3.63) is 276 Å². The lowest BCUT2D eigenvalue weighted by Gasteiger charge is -2.34. The van der Waals surface area contributed by atoms with Gasteiger partial charge in [0.1, 0.15) is 0 Å². The third-order valence-corrected chi connectivity index (χ3v) is 14.8. The van der Waals surface area contributed by atoms with E-state index in [4.69, 9.17) is 9.97 Å². The summed E-state index contributed by atoms with van der Waals surface area (Å²) in [5.74, 6) is 0.690. The first-order chi connectivity index (χ1) is 33.5. The van der Waals surface area contributed by atoms with E-state index in [-0.39, 0.29) is 5.41 Å². The highest BCUT2D eigenvalue weighted by molar-refractivity contribution is 6.01. The van der Waals surface area contributed by atoms with Crippen LogP contribution in [0, 0.1) is 0 Å². The zero-order valence-electron chi connectivity index (χ0n) is 38.0. The van der Waals surface area contributed by atoms with Crippen LogP contribution in [0.4, 0.5) is 0 Å². The fourth-order valence-electron chi connectivity index (χ4n) is 11.6. The molecule has 0 radical (unpaired) electrons. The van der Waals surface area contributed by atoms with Crippen LogP contribution in [0.15, 0.2) is 243 Å². The van der Waals surface area contributed by atoms with Crippen molar-refractivity contribution < 1.29 is 0 Å². The Balaban J connectivity index is 1.01. The van der Waals surface area contributed by atoms with E-state index in [1.165, 1.54) is 72.0 Å². The number of fused-ring (bicyclic) bond motifs is 7. The summed E-state index contributed by atoms with van der Waals surface area (Å²) >= 11 is 0. The monoisotopic (exact) mass is 866 g/mol. The van der Waals surface area contributed by atoms with Gasteiger partial charge in [0.25, 0.3) is 0 Å². The average Bonchev–Trinajstić information content (AvgIpc) is 3.83. The number of rotatable bonds is 7. The Bertz CT molecular complexity index is 3720. The number of aromatic nitrogens is 2. The van der Waals surface area contributed by atoms with Crippen LogP contribution in [0.2, 0.25) is 0 Å². The normalized spacial score (nSPS) is 13.7. The highest BCUT2D eigenvalue weighted by Gasteiger charge is 2.46. The van der Waals surface area contributed by atoms with E-state index in [1.807, 2.05) is 0 Å². The molecule has 0 aliphatic heterocycles. The van der Waals surface area contributed by atoms with Crippen LogP contribution >= 0.6 is 0 Å². The van der Waals surface area contributed by atoms with Crippen LogP contribution in [-0.2, 0) is 10.8 Å². The molecule has 1 aromatic heterocycles. The number of benzene rings is 10. The van der Waals surface area contributed by atoms with E-state index in [0.717, 1.165) is 44.8 Å². The lowest BCUT2D eigenvalue weighted by Crippen LogP contribution is -2.28. The van der Waals surface area contributed by atoms with Crippen molar-refractivity contribution in [3.63, 3.8) is 0 Å². The van der Waals surface area contributed by atoms with Gasteiger partial charge < -0.3 is 0 Å². The van der Waals surface area contributed by atoms with E-state index in [9.17, 15) is 0 Å². The van der Waals surface area contributed by atoms with Crippen molar-refractivity contribution in [1.29, 1.82) is 0 Å². The standard InChI is InChI=1S/C66H46N2/c1-65(2)58-36-20-34-55(63(58)56-39-44-23-12-13-24-45(44)40-59(56)65)50-30-15-17-33-54(50)62-42-61(67-64(68-62)43-21-6-3-7-22-43)53-32-16-14-29-49(53)46-37-38-52-51-31-18-19-35-57(51)66(60(52)41-46,47-25-8-4-9-26-47)48-27-10-5-11-28-48/h3-42H,1-2H3. The van der Waals surface area contributed by atoms with Gasteiger partial charge in [-0.1, -0.05) is 232 Å². The molecule has 2 nitrogen and oxygen atoms in total. The second kappa shape index (κ2) is 15.6. The molecule has 13 rings (SSSR count). The fourth-order valence-corrected chi connectivity index (χ4v) is 11.6. The molecule has 1 heterocycles. The lowest BCUT2D eigenvalue weighted by atomic mass is 9.67. The van der Waals surface area contributed by atoms with Crippen molar-refractivity contribution >= 4 is 10.8 Å². The van der Waals surface area contributed by atoms with E-state index in [1.54, 1.807) is 0 Å². The molecule has 2 aliphatic carbocycles. The summed E-state index contributed by atoms with van der Waals surface area (Å²) in [7, 11) is 0. The smallest absolute Gasteiger partial charge is 0.160 e. The molecule has 2 aliphatic rings. The molecule has 0 atom stereocenters. The molecule has 0 amide bonds. The molecule has 0 unspecified atom stereocenters. The van der Waals surface area contributed by atoms with E-state index in [0.29, 0.717) is 5.82 Å². The first-order valence-corrected chi connectivity index (χ1v) is 23.6. The van der Waals surface area contributed by atoms with Crippen LogP contribution in [0.1, 0.15) is 47.2 Å². The van der Waals surface area contributed by atoms with E-state index >= 15 is 0 Å². The minimum atomic E-state index is -0.508. The molecule has 2 heteroatoms. The summed E-state index contributed by atoms with van der Waals surface area (Å²) in [6, 6.07) is 88.6. The van der Waals surface area contributed by atoms with Gasteiger partial charge in [0.15, 0.2) is 5.82 Å². The minimum Gasteiger partial charge on any atom is -0.228 e. The fraction of sp³-hybridized carbons (Fsp3) is 0.0606. The second-order valence-corrected chi connectivity index (χ2v) is 18.8. The Kier molecular flexibility index (Phi) is 9.13. The average molecular weight is 867 g/mol. The van der Waals surface area contributed by atoms with Gasteiger partial charge in [0, 0.05) is 22.1 Å². The largest absolute Gasteiger partial charge is 0.228 e. The third-order valence-electron chi connectivity index (χ3n) is 14.8. The summed E-state index contributed by atoms with van der Waals surface area (Å²) in [6.07, 6.45) is 0. The van der Waals surface area contributed by atoms with Crippen LogP contribution in [-0.4, -0.2) is 9.97 Å². The van der Waals surface area contributed by atoms with E-state index in [2.05, 4.69) is 257 Å². The maximum atomic E-state index is 5.44. The van der Waals surface area contributed by atoms with Gasteiger partial charge in [-0.05, 0) is 113 Å². The summed E-state index contributed by atoms with van der Waals surface area (Å²) in [4.78, 5) is 10.9. The Labute approximate surface area is 398 Å². The molecule has 68 heavy (non-hydrogen) atoms. The van der Waals surface area contributed by atoms with Crippen molar-refractivity contribution in [2.24, 2.45) is 0 Å². The molecular weight excluding hydrogens is 821 g/mol. The van der Waals surface area contributed by atoms with Crippen LogP contribution in [0.5, 0.6) is 0 Å². The van der Waals surface area contributed by atoms with Gasteiger partial charge in [0.05, 0.1) is 16.8 Å². The predicted molar refractivity (Wildman–Crippen MR) is 282 cm³/mol. The Hall–Kier alpha value is -8.46. The van der Waals surface area contributed by atoms with Crippen LogP contribution in [0.3, 0.4) is 0 Å². The van der Waals surface area contributed by atoms with Gasteiger partial charge in [-0.2, -0.15) is 0 Å². The minimum absolute atomic E-state index is 0.159. The summed E-state index contributed by atoms with van der Waals surface area (Å²) in [5, 5.41) is 2.52. The number of nitrogens with zero attached hydrogens (tertiary/aromatic N) is 2. The molecule has 320 valence electrons. The molecule has 10 aromatic carbocycles. The molecule has 0 fully saturated rings. The second-order valence-electron chi connectivity index (χ2n) is 18.8. The zero-order chi connectivity index (χ0) is 45.4. The molecular formula is C66H46N2. The summed E-state index contributed by atoms with van der Waals surface area (Å²) in [6.45, 7) is 4.73. The lowest BCUT2D eigenvalue weighted by molar-refractivity contribution is 0.661. The highest BCUT2D eigenvalue weighted by atomic mass is 14.9. The van der Waals surface area contributed by atoms with Crippen LogP contribution in [0.25, 0.3) is 89.2 Å². The highest BCUT2D eigenvalue weighted by Crippen LogP contribution is 2.57. The molecule has 0 spiro atoms. The van der Waals surface area contributed by atoms with Crippen LogP contribution < -0.4 is 0 Å². The maximum absolute atomic E-state index is 5.44. The van der Waals surface area contributed by atoms with Gasteiger partial charge in [-0.3, -0.25) is 0 Å². The van der Waals surface area contributed by atoms with Gasteiger partial charge in [0.2, 0.25) is 0 Å². The molecule has 0 saturated heterocycles. The maximum Gasteiger partial charge on any atom is 0.160 e. The Morgan fingerprint density at radius 3 is 1.47 bits per heavy atom. The predicted octanol–water partition coefficient (Wildman–Crippen LogP) is 16.6. The SMILES string of the molecule is CC1(C)c2cc3ccccc3cc2-c2c(-c3ccccc3-c3cc(-c4ccccc4-c4ccc5c(c4)C(c4ccccc4)(c4ccccc4)c4ccccc4-5)nc(-c4ccccc4)n3)cccc21. The van der Waals surface area contributed by atoms with Crippen molar-refractivity contribution in [2.75, 3.05) is 0 Å². The Morgan fingerprint density at radius 2 is 0.794 bits per heavy atom. The number of hydrogen-bond donors (Lipinski definition) is 0. The summed E-state index contributed by atoms with van der Waals surface area (Å²) < 4.78 is 0. The first kappa shape index (κ1) is 39.9. The molecule has 0 N–H and O–H groups in total. The molecule has 0 bridgehead atoms. The van der Waals surface area contributed by atoms with E-state index < -0.39 is 5.41 Å². The zero-order valence-corrected chi connectivity index (χ0v) is 38.0. The third kappa shape index (κ3) is 6.04. The van der Waals surface area contributed by atoms with Gasteiger partial charge in [-0.15, -0.1) is 0 Å². The number of hydrogen-bond acceptors (Lipinski definition) is 2. The summed E-state index contributed by atoms with van der Waals surface area (Å²) in [5.41, 5.74) is 21.7. The van der Waals surface area contributed by atoms with Gasteiger partial charge >= 0.3 is 0 Å².